The van der Waals surface area contributed by atoms with Gasteiger partial charge in [-0.3, -0.25) is 10.2 Å². The average Bonchev–Trinajstić information content (AvgIpc) is 3.59. The molecule has 0 spiro atoms. The molecule has 7 heteroatoms. The number of nitrogens with one attached hydrogen (secondary N) is 1. The molecule has 0 saturated heterocycles. The summed E-state index contributed by atoms with van der Waals surface area (Å²) in [6.45, 7) is 0. The van der Waals surface area contributed by atoms with Crippen molar-refractivity contribution in [2.45, 2.75) is 0 Å². The molecule has 0 fully saturated rings. The smallest absolute Gasteiger partial charge is 0.266 e. The first kappa shape index (κ1) is 24.3. The zero-order chi connectivity index (χ0) is 26.4. The second kappa shape index (κ2) is 11.2. The Morgan fingerprint density at radius 1 is 0.744 bits per heavy atom. The predicted molar refractivity (Wildman–Crippen MR) is 160 cm³/mol. The summed E-state index contributed by atoms with van der Waals surface area (Å²) >= 11 is 1.27. The molecule has 1 N–H and O–H groups in total. The van der Waals surface area contributed by atoms with E-state index in [-0.39, 0.29) is 5.91 Å². The van der Waals surface area contributed by atoms with Crippen molar-refractivity contribution in [1.82, 2.24) is 15.2 Å². The molecule has 5 aromatic rings. The van der Waals surface area contributed by atoms with E-state index in [9.17, 15) is 4.79 Å². The summed E-state index contributed by atoms with van der Waals surface area (Å²) in [5.41, 5.74) is 9.68. The first-order valence-corrected chi connectivity index (χ1v) is 13.2. The molecule has 0 radical (unpaired) electrons. The average molecular weight is 526 g/mol. The van der Waals surface area contributed by atoms with Crippen molar-refractivity contribution in [2.75, 3.05) is 0 Å². The third-order valence-corrected chi connectivity index (χ3v) is 6.97. The number of amides is 1. The lowest BCUT2D eigenvalue weighted by Crippen LogP contribution is -2.11. The van der Waals surface area contributed by atoms with E-state index < -0.39 is 0 Å². The van der Waals surface area contributed by atoms with Crippen molar-refractivity contribution in [3.05, 3.63) is 137 Å². The number of carbonyl (C=O) groups is 1. The second-order valence-corrected chi connectivity index (χ2v) is 9.79. The molecule has 2 heterocycles. The third kappa shape index (κ3) is 5.63. The van der Waals surface area contributed by atoms with Crippen molar-refractivity contribution in [2.24, 2.45) is 10.1 Å². The zero-order valence-electron chi connectivity index (χ0n) is 20.8. The quantitative estimate of drug-likeness (QED) is 0.150. The molecule has 188 valence electrons. The molecule has 39 heavy (non-hydrogen) atoms. The van der Waals surface area contributed by atoms with Crippen LogP contribution in [0.1, 0.15) is 11.1 Å². The number of benzene rings is 4. The highest BCUT2D eigenvalue weighted by Gasteiger charge is 2.21. The number of aliphatic imine (C=N–C) groups is 1. The van der Waals surface area contributed by atoms with Crippen LogP contribution in [-0.4, -0.2) is 27.1 Å². The number of aromatic nitrogens is 2. The van der Waals surface area contributed by atoms with Gasteiger partial charge in [-0.15, -0.1) is 0 Å². The van der Waals surface area contributed by atoms with E-state index in [0.29, 0.717) is 10.1 Å². The van der Waals surface area contributed by atoms with Crippen LogP contribution < -0.4 is 5.43 Å². The number of hydrogen-bond donors (Lipinski definition) is 1. The van der Waals surface area contributed by atoms with Gasteiger partial charge in [0.25, 0.3) is 5.91 Å². The third-order valence-electron chi connectivity index (χ3n) is 6.08. The number of hydrazone groups is 1. The van der Waals surface area contributed by atoms with Gasteiger partial charge in [-0.25, -0.2) is 4.68 Å². The highest BCUT2D eigenvalue weighted by Crippen LogP contribution is 2.30. The van der Waals surface area contributed by atoms with Crippen molar-refractivity contribution in [1.29, 1.82) is 0 Å². The topological polar surface area (TPSA) is 71.6 Å². The van der Waals surface area contributed by atoms with E-state index >= 15 is 0 Å². The number of hydrogen-bond acceptors (Lipinski definition) is 5. The molecule has 1 aliphatic rings. The van der Waals surface area contributed by atoms with Crippen LogP contribution in [0, 0.1) is 0 Å². The predicted octanol–water partition coefficient (Wildman–Crippen LogP) is 6.80. The fraction of sp³-hybridized carbons (Fsp3) is 0. The number of nitrogens with zero attached hydrogens (tertiary/aromatic N) is 4. The molecule has 1 aromatic heterocycles. The van der Waals surface area contributed by atoms with Crippen molar-refractivity contribution in [3.63, 3.8) is 0 Å². The minimum Gasteiger partial charge on any atom is -0.266 e. The van der Waals surface area contributed by atoms with Crippen molar-refractivity contribution < 1.29 is 4.79 Å². The molecular weight excluding hydrogens is 502 g/mol. The van der Waals surface area contributed by atoms with Gasteiger partial charge >= 0.3 is 0 Å². The molecule has 1 amide bonds. The van der Waals surface area contributed by atoms with E-state index in [1.54, 1.807) is 6.21 Å². The van der Waals surface area contributed by atoms with E-state index in [0.717, 1.165) is 39.3 Å². The largest absolute Gasteiger partial charge is 0.286 e. The lowest BCUT2D eigenvalue weighted by molar-refractivity contribution is -0.113. The van der Waals surface area contributed by atoms with Crippen LogP contribution in [0.25, 0.3) is 34.3 Å². The summed E-state index contributed by atoms with van der Waals surface area (Å²) in [7, 11) is 0. The van der Waals surface area contributed by atoms with Crippen LogP contribution in [0.3, 0.4) is 0 Å². The summed E-state index contributed by atoms with van der Waals surface area (Å²) in [4.78, 5) is 17.1. The van der Waals surface area contributed by atoms with Gasteiger partial charge in [0, 0.05) is 11.1 Å². The lowest BCUT2D eigenvalue weighted by atomic mass is 10.1. The fourth-order valence-corrected chi connectivity index (χ4v) is 4.93. The van der Waals surface area contributed by atoms with Gasteiger partial charge in [-0.05, 0) is 47.2 Å². The molecule has 0 saturated carbocycles. The minimum atomic E-state index is -0.285. The molecule has 0 aliphatic carbocycles. The normalized spacial score (nSPS) is 14.2. The summed E-state index contributed by atoms with van der Waals surface area (Å²) in [6, 6.07) is 40.2. The summed E-state index contributed by atoms with van der Waals surface area (Å²) in [6.07, 6.45) is 3.53. The summed E-state index contributed by atoms with van der Waals surface area (Å²) in [5.74, 6) is -0.285. The molecule has 6 rings (SSSR count). The van der Waals surface area contributed by atoms with Gasteiger partial charge in [-0.2, -0.15) is 15.2 Å². The molecule has 0 unspecified atom stereocenters. The van der Waals surface area contributed by atoms with Crippen LogP contribution in [0.2, 0.25) is 0 Å². The Kier molecular flexibility index (Phi) is 6.97. The Morgan fingerprint density at radius 2 is 1.38 bits per heavy atom. The number of amidine groups is 1. The van der Waals surface area contributed by atoms with Gasteiger partial charge < -0.3 is 0 Å². The molecule has 1 aliphatic heterocycles. The molecule has 4 aromatic carbocycles. The summed E-state index contributed by atoms with van der Waals surface area (Å²) in [5, 5.41) is 9.57. The Hall–Kier alpha value is -5.01. The Bertz CT molecular complexity index is 1690. The minimum absolute atomic E-state index is 0.285. The van der Waals surface area contributed by atoms with E-state index in [1.165, 1.54) is 11.8 Å². The fourth-order valence-electron chi connectivity index (χ4n) is 4.16. The van der Waals surface area contributed by atoms with Crippen molar-refractivity contribution in [3.8, 4) is 28.2 Å². The maximum absolute atomic E-state index is 12.5. The number of rotatable bonds is 6. The van der Waals surface area contributed by atoms with Crippen molar-refractivity contribution >= 4 is 35.1 Å². The highest BCUT2D eigenvalue weighted by atomic mass is 32.2. The lowest BCUT2D eigenvalue weighted by Gasteiger charge is -2.08. The summed E-state index contributed by atoms with van der Waals surface area (Å²) < 4.78 is 1.96. The zero-order valence-corrected chi connectivity index (χ0v) is 21.6. The second-order valence-electron chi connectivity index (χ2n) is 8.76. The van der Waals surface area contributed by atoms with Crippen LogP contribution in [0.5, 0.6) is 0 Å². The van der Waals surface area contributed by atoms with E-state index in [4.69, 9.17) is 5.10 Å². The van der Waals surface area contributed by atoms with Gasteiger partial charge in [0.15, 0.2) is 5.17 Å². The molecular formula is C32H23N5OS. The highest BCUT2D eigenvalue weighted by molar-refractivity contribution is 8.18. The van der Waals surface area contributed by atoms with E-state index in [2.05, 4.69) is 45.9 Å². The standard InChI is InChI=1S/C32H23N5OS/c38-31-30(39-32(34-31)35-33-22-24-10-4-1-5-11-24)20-23-16-18-27(19-17-23)37-29(26-14-8-3-9-15-26)21-28(36-37)25-12-6-2-7-13-25/h1-22H,(H,34,35,38). The van der Waals surface area contributed by atoms with Crippen LogP contribution in [0.4, 0.5) is 0 Å². The maximum Gasteiger partial charge on any atom is 0.286 e. The van der Waals surface area contributed by atoms with Crippen LogP contribution in [-0.2, 0) is 4.79 Å². The Balaban J connectivity index is 1.22. The molecule has 6 nitrogen and oxygen atoms in total. The number of carbonyl (C=O) groups excluding carboxylic acids is 1. The monoisotopic (exact) mass is 525 g/mol. The van der Waals surface area contributed by atoms with Gasteiger partial charge in [0.2, 0.25) is 0 Å². The van der Waals surface area contributed by atoms with Gasteiger partial charge in [0.1, 0.15) is 0 Å². The molecule has 0 atom stereocenters. The van der Waals surface area contributed by atoms with E-state index in [1.807, 2.05) is 102 Å². The first-order valence-electron chi connectivity index (χ1n) is 12.4. The SMILES string of the molecule is O=C1N=C(NN=Cc2ccccc2)SC1=Cc1ccc(-n2nc(-c3ccccc3)cc2-c2ccccc2)cc1. The van der Waals surface area contributed by atoms with Gasteiger partial charge in [0.05, 0.1) is 28.2 Å². The van der Waals surface area contributed by atoms with Crippen LogP contribution in [0.15, 0.2) is 136 Å². The number of thioether (sulfide) groups is 1. The van der Waals surface area contributed by atoms with Gasteiger partial charge in [-0.1, -0.05) is 103 Å². The first-order chi connectivity index (χ1) is 19.2. The van der Waals surface area contributed by atoms with Crippen LogP contribution >= 0.6 is 11.8 Å². The maximum atomic E-state index is 12.5. The Morgan fingerprint density at radius 3 is 2.08 bits per heavy atom. The Labute approximate surface area is 230 Å². The molecule has 0 bridgehead atoms.